The summed E-state index contributed by atoms with van der Waals surface area (Å²) in [5.41, 5.74) is 1.14. The van der Waals surface area contributed by atoms with Crippen LogP contribution in [0, 0.1) is 10.1 Å². The van der Waals surface area contributed by atoms with E-state index in [9.17, 15) is 19.7 Å². The number of nitro benzene ring substituents is 1. The van der Waals surface area contributed by atoms with Crippen molar-refractivity contribution < 1.29 is 18.9 Å². The number of carbonyl (C=O) groups is 1. The van der Waals surface area contributed by atoms with Gasteiger partial charge in [-0.05, 0) is 50.3 Å². The van der Waals surface area contributed by atoms with Crippen LogP contribution in [0.3, 0.4) is 0 Å². The van der Waals surface area contributed by atoms with Crippen LogP contribution >= 0.6 is 0 Å². The lowest BCUT2D eigenvalue weighted by Gasteiger charge is -2.14. The number of carbonyl (C=O) groups excluding carboxylic acids is 1. The molecule has 0 radical (unpaired) electrons. The molecule has 162 valence electrons. The number of hydrogen-bond donors (Lipinski definition) is 1. The molecule has 1 aliphatic carbocycles. The molecular weight excluding hydrogens is 402 g/mol. The van der Waals surface area contributed by atoms with Crippen molar-refractivity contribution >= 4 is 28.4 Å². The van der Waals surface area contributed by atoms with Gasteiger partial charge in [0.25, 0.3) is 5.69 Å². The highest BCUT2D eigenvalue weighted by Crippen LogP contribution is 2.26. The molecule has 2 aromatic carbocycles. The first-order valence-electron chi connectivity index (χ1n) is 10.3. The average Bonchev–Trinajstić information content (AvgIpc) is 3.35. The zero-order chi connectivity index (χ0) is 21.8. The second kappa shape index (κ2) is 9.03. The van der Waals surface area contributed by atoms with Crippen LogP contribution in [0.2, 0.25) is 0 Å². The summed E-state index contributed by atoms with van der Waals surface area (Å²) in [7, 11) is 0. The summed E-state index contributed by atoms with van der Waals surface area (Å²) in [5.74, 6) is -0.0302. The van der Waals surface area contributed by atoms with E-state index in [1.54, 1.807) is 6.07 Å². The topological polar surface area (TPSA) is 117 Å². The van der Waals surface area contributed by atoms with Crippen LogP contribution in [-0.2, 0) is 11.3 Å². The molecule has 1 saturated carbocycles. The zero-order valence-electron chi connectivity index (χ0n) is 16.9. The van der Waals surface area contributed by atoms with E-state index >= 15 is 0 Å². The minimum absolute atomic E-state index is 0.146. The average molecular weight is 425 g/mol. The third kappa shape index (κ3) is 4.93. The van der Waals surface area contributed by atoms with E-state index in [0.717, 1.165) is 18.6 Å². The number of ether oxygens (including phenoxy) is 1. The molecule has 0 saturated heterocycles. The number of anilines is 1. The van der Waals surface area contributed by atoms with Gasteiger partial charge in [-0.25, -0.2) is 4.79 Å². The third-order valence-electron chi connectivity index (χ3n) is 5.37. The van der Waals surface area contributed by atoms with Crippen molar-refractivity contribution in [3.05, 3.63) is 63.1 Å². The van der Waals surface area contributed by atoms with Gasteiger partial charge in [0.2, 0.25) is 5.91 Å². The van der Waals surface area contributed by atoms with Crippen LogP contribution in [0.25, 0.3) is 11.1 Å². The standard InChI is InChI=1S/C22H23N3O6/c26-21(23-15-5-3-8-18(13-15)30-17-6-1-2-7-17)9-4-12-24-19-11-10-16(25(28)29)14-20(19)31-22(24)27/h3,5,8,10-11,13-14,17H,1-2,4,6-7,9,12H2,(H,23,26). The van der Waals surface area contributed by atoms with Crippen LogP contribution in [0.5, 0.6) is 5.75 Å². The number of fused-ring (bicyclic) bond motifs is 1. The zero-order valence-corrected chi connectivity index (χ0v) is 16.9. The lowest BCUT2D eigenvalue weighted by molar-refractivity contribution is -0.384. The Morgan fingerprint density at radius 3 is 2.81 bits per heavy atom. The fourth-order valence-electron chi connectivity index (χ4n) is 3.85. The number of non-ortho nitro benzene ring substituents is 1. The van der Waals surface area contributed by atoms with Gasteiger partial charge in [-0.1, -0.05) is 6.07 Å². The predicted molar refractivity (Wildman–Crippen MR) is 114 cm³/mol. The maximum atomic E-state index is 12.3. The van der Waals surface area contributed by atoms with Crippen LogP contribution in [0.15, 0.2) is 51.7 Å². The molecule has 1 fully saturated rings. The van der Waals surface area contributed by atoms with Gasteiger partial charge in [0.15, 0.2) is 5.58 Å². The first-order chi connectivity index (χ1) is 15.0. The third-order valence-corrected chi connectivity index (χ3v) is 5.37. The van der Waals surface area contributed by atoms with Crippen molar-refractivity contribution in [2.75, 3.05) is 5.32 Å². The molecule has 1 aliphatic rings. The Morgan fingerprint density at radius 1 is 1.23 bits per heavy atom. The lowest BCUT2D eigenvalue weighted by atomic mass is 10.2. The molecule has 0 atom stereocenters. The van der Waals surface area contributed by atoms with Crippen LogP contribution < -0.4 is 15.8 Å². The molecule has 0 unspecified atom stereocenters. The van der Waals surface area contributed by atoms with Crippen molar-refractivity contribution in [3.8, 4) is 5.75 Å². The van der Waals surface area contributed by atoms with Gasteiger partial charge in [0, 0.05) is 30.8 Å². The Labute approximate surface area is 177 Å². The van der Waals surface area contributed by atoms with E-state index in [2.05, 4.69) is 5.32 Å². The van der Waals surface area contributed by atoms with E-state index in [4.69, 9.17) is 9.15 Å². The number of nitrogens with one attached hydrogen (secondary N) is 1. The monoisotopic (exact) mass is 425 g/mol. The van der Waals surface area contributed by atoms with Gasteiger partial charge < -0.3 is 14.5 Å². The molecule has 9 nitrogen and oxygen atoms in total. The molecule has 1 heterocycles. The Morgan fingerprint density at radius 2 is 2.03 bits per heavy atom. The van der Waals surface area contributed by atoms with Crippen LogP contribution in [0.1, 0.15) is 38.5 Å². The highest BCUT2D eigenvalue weighted by Gasteiger charge is 2.17. The first-order valence-corrected chi connectivity index (χ1v) is 10.3. The maximum absolute atomic E-state index is 12.3. The number of amides is 1. The molecule has 1 aromatic heterocycles. The number of hydrogen-bond acceptors (Lipinski definition) is 6. The highest BCUT2D eigenvalue weighted by molar-refractivity contribution is 5.90. The molecule has 9 heteroatoms. The molecular formula is C22H23N3O6. The molecule has 1 amide bonds. The summed E-state index contributed by atoms with van der Waals surface area (Å²) in [6, 6.07) is 11.4. The van der Waals surface area contributed by atoms with Crippen LogP contribution in [-0.4, -0.2) is 21.5 Å². The van der Waals surface area contributed by atoms with Crippen molar-refractivity contribution in [2.45, 2.75) is 51.2 Å². The minimum atomic E-state index is -0.604. The largest absolute Gasteiger partial charge is 0.490 e. The molecule has 1 N–H and O–H groups in total. The summed E-state index contributed by atoms with van der Waals surface area (Å²) in [6.07, 6.45) is 5.36. The second-order valence-corrected chi connectivity index (χ2v) is 7.63. The van der Waals surface area contributed by atoms with Gasteiger partial charge >= 0.3 is 5.76 Å². The first kappa shape index (κ1) is 20.6. The lowest BCUT2D eigenvalue weighted by Crippen LogP contribution is -2.17. The number of nitrogens with zero attached hydrogens (tertiary/aromatic N) is 2. The van der Waals surface area contributed by atoms with Gasteiger partial charge in [0.05, 0.1) is 22.6 Å². The minimum Gasteiger partial charge on any atom is -0.490 e. The highest BCUT2D eigenvalue weighted by atomic mass is 16.6. The number of aryl methyl sites for hydroxylation is 1. The summed E-state index contributed by atoms with van der Waals surface area (Å²) >= 11 is 0. The molecule has 0 aliphatic heterocycles. The summed E-state index contributed by atoms with van der Waals surface area (Å²) in [6.45, 7) is 0.266. The fourth-order valence-corrected chi connectivity index (χ4v) is 3.85. The van der Waals surface area contributed by atoms with E-state index in [1.165, 1.54) is 35.6 Å². The smallest absolute Gasteiger partial charge is 0.419 e. The number of oxazole rings is 1. The van der Waals surface area contributed by atoms with Crippen molar-refractivity contribution in [2.24, 2.45) is 0 Å². The Bertz CT molecular complexity index is 1160. The predicted octanol–water partition coefficient (Wildman–Crippen LogP) is 4.24. The molecule has 4 rings (SSSR count). The molecule has 3 aromatic rings. The number of rotatable bonds is 8. The Hall–Kier alpha value is -3.62. The molecule has 0 spiro atoms. The van der Waals surface area contributed by atoms with Gasteiger partial charge in [-0.3, -0.25) is 19.5 Å². The summed E-state index contributed by atoms with van der Waals surface area (Å²) in [5, 5.41) is 13.7. The van der Waals surface area contributed by atoms with Crippen molar-refractivity contribution in [1.82, 2.24) is 4.57 Å². The quantitative estimate of drug-likeness (QED) is 0.426. The summed E-state index contributed by atoms with van der Waals surface area (Å²) < 4.78 is 12.4. The molecule has 31 heavy (non-hydrogen) atoms. The van der Waals surface area contributed by atoms with Gasteiger partial charge in [-0.2, -0.15) is 0 Å². The van der Waals surface area contributed by atoms with Crippen molar-refractivity contribution in [3.63, 3.8) is 0 Å². The maximum Gasteiger partial charge on any atom is 0.419 e. The van der Waals surface area contributed by atoms with E-state index in [0.29, 0.717) is 17.6 Å². The summed E-state index contributed by atoms with van der Waals surface area (Å²) in [4.78, 5) is 34.7. The van der Waals surface area contributed by atoms with E-state index < -0.39 is 10.7 Å². The van der Waals surface area contributed by atoms with Crippen LogP contribution in [0.4, 0.5) is 11.4 Å². The normalized spacial score (nSPS) is 14.1. The van der Waals surface area contributed by atoms with E-state index in [1.807, 2.05) is 18.2 Å². The number of benzene rings is 2. The SMILES string of the molecule is O=C(CCCn1c(=O)oc2cc([N+](=O)[O-])ccc21)Nc1cccc(OC2CCCC2)c1. The number of aromatic nitrogens is 1. The Kier molecular flexibility index (Phi) is 6.01. The Balaban J connectivity index is 1.33. The second-order valence-electron chi connectivity index (χ2n) is 7.63. The van der Waals surface area contributed by atoms with Gasteiger partial charge in [0.1, 0.15) is 5.75 Å². The molecule has 0 bridgehead atoms. The number of nitro groups is 1. The van der Waals surface area contributed by atoms with E-state index in [-0.39, 0.29) is 36.2 Å². The fraction of sp³-hybridized carbons (Fsp3) is 0.364. The van der Waals surface area contributed by atoms with Crippen molar-refractivity contribution in [1.29, 1.82) is 0 Å². The van der Waals surface area contributed by atoms with Gasteiger partial charge in [-0.15, -0.1) is 0 Å².